The number of benzene rings is 1. The van der Waals surface area contributed by atoms with Gasteiger partial charge in [-0.15, -0.1) is 0 Å². The van der Waals surface area contributed by atoms with Gasteiger partial charge in [-0.25, -0.2) is 0 Å². The van der Waals surface area contributed by atoms with Gasteiger partial charge in [-0.05, 0) is 49.1 Å². The van der Waals surface area contributed by atoms with E-state index < -0.39 is 12.5 Å². The fraction of sp³-hybridized carbons (Fsp3) is 0.727. The van der Waals surface area contributed by atoms with Gasteiger partial charge in [0, 0.05) is 0 Å². The average Bonchev–Trinajstić information content (AvgIpc) is 2.65. The van der Waals surface area contributed by atoms with E-state index in [4.69, 9.17) is 0 Å². The van der Waals surface area contributed by atoms with Crippen LogP contribution in [0, 0.1) is 5.92 Å². The molecule has 0 spiro atoms. The van der Waals surface area contributed by atoms with E-state index in [-0.39, 0.29) is 11.7 Å². The zero-order chi connectivity index (χ0) is 19.7. The number of unbranched alkanes of at least 4 members (excludes halogenated alkanes) is 5. The summed E-state index contributed by atoms with van der Waals surface area (Å²) in [5, 5.41) is 0. The molecule has 0 heterocycles. The molecule has 2 rings (SSSR count). The molecule has 1 fully saturated rings. The van der Waals surface area contributed by atoms with E-state index in [0.29, 0.717) is 11.5 Å². The Labute approximate surface area is 160 Å². The second kappa shape index (κ2) is 10.9. The molecule has 0 bridgehead atoms. The predicted octanol–water partition coefficient (Wildman–Crippen LogP) is 7.95. The van der Waals surface area contributed by atoms with Crippen LogP contribution in [0.2, 0.25) is 0 Å². The lowest BCUT2D eigenvalue weighted by Crippen LogP contribution is -2.34. The number of halogens is 4. The van der Waals surface area contributed by atoms with Crippen LogP contribution in [0.3, 0.4) is 0 Å². The molecular formula is C22H32F4O. The SMILES string of the molecule is CCCCCCCCC1CCC(c2ccccc2OC(F)(F)C(F)F)CC1. The number of rotatable bonds is 11. The van der Waals surface area contributed by atoms with E-state index in [1.54, 1.807) is 18.2 Å². The summed E-state index contributed by atoms with van der Waals surface area (Å²) in [7, 11) is 0. The third-order valence-corrected chi connectivity index (χ3v) is 5.67. The van der Waals surface area contributed by atoms with E-state index >= 15 is 0 Å². The smallest absolute Gasteiger partial charge is 0.428 e. The summed E-state index contributed by atoms with van der Waals surface area (Å²) in [4.78, 5) is 0. The van der Waals surface area contributed by atoms with Gasteiger partial charge < -0.3 is 4.74 Å². The van der Waals surface area contributed by atoms with Crippen LogP contribution in [0.4, 0.5) is 17.6 Å². The monoisotopic (exact) mass is 388 g/mol. The van der Waals surface area contributed by atoms with Crippen molar-refractivity contribution in [3.8, 4) is 5.75 Å². The maximum atomic E-state index is 13.3. The molecule has 0 amide bonds. The standard InChI is InChI=1S/C22H32F4O/c1-2-3-4-5-6-7-10-17-13-15-18(16-14-17)19-11-8-9-12-20(19)27-22(25,26)21(23)24/h8-9,11-12,17-18,21H,2-7,10,13-16H2,1H3. The minimum atomic E-state index is -4.45. The number of hydrogen-bond acceptors (Lipinski definition) is 1. The van der Waals surface area contributed by atoms with Crippen LogP contribution in [0.25, 0.3) is 0 Å². The molecule has 5 heteroatoms. The van der Waals surface area contributed by atoms with Crippen molar-refractivity contribution in [3.63, 3.8) is 0 Å². The average molecular weight is 388 g/mol. The Morgan fingerprint density at radius 3 is 2.26 bits per heavy atom. The molecule has 0 radical (unpaired) electrons. The van der Waals surface area contributed by atoms with Crippen LogP contribution in [-0.4, -0.2) is 12.5 Å². The van der Waals surface area contributed by atoms with Gasteiger partial charge in [0.2, 0.25) is 0 Å². The Hall–Kier alpha value is -1.26. The van der Waals surface area contributed by atoms with Crippen molar-refractivity contribution in [3.05, 3.63) is 29.8 Å². The van der Waals surface area contributed by atoms with Crippen LogP contribution in [-0.2, 0) is 0 Å². The summed E-state index contributed by atoms with van der Waals surface area (Å²) in [5.41, 5.74) is 0.635. The summed E-state index contributed by atoms with van der Waals surface area (Å²) in [6, 6.07) is 6.40. The van der Waals surface area contributed by atoms with Gasteiger partial charge in [0.25, 0.3) is 0 Å². The predicted molar refractivity (Wildman–Crippen MR) is 101 cm³/mol. The Bertz CT molecular complexity index is 539. The topological polar surface area (TPSA) is 9.23 Å². The molecule has 0 atom stereocenters. The van der Waals surface area contributed by atoms with Gasteiger partial charge in [0.15, 0.2) is 0 Å². The number of hydrogen-bond donors (Lipinski definition) is 0. The maximum Gasteiger partial charge on any atom is 0.461 e. The molecule has 0 unspecified atom stereocenters. The molecule has 1 aliphatic rings. The van der Waals surface area contributed by atoms with Crippen molar-refractivity contribution in [2.75, 3.05) is 0 Å². The first-order valence-corrected chi connectivity index (χ1v) is 10.4. The third-order valence-electron chi connectivity index (χ3n) is 5.67. The summed E-state index contributed by atoms with van der Waals surface area (Å²) in [6.07, 6.45) is 4.66. The van der Waals surface area contributed by atoms with Crippen LogP contribution in [0.15, 0.2) is 24.3 Å². The second-order valence-electron chi connectivity index (χ2n) is 7.78. The lowest BCUT2D eigenvalue weighted by atomic mass is 9.77. The van der Waals surface area contributed by atoms with Gasteiger partial charge in [0.1, 0.15) is 5.75 Å². The largest absolute Gasteiger partial charge is 0.461 e. The first-order chi connectivity index (χ1) is 12.9. The minimum absolute atomic E-state index is 0.107. The quantitative estimate of drug-likeness (QED) is 0.276. The van der Waals surface area contributed by atoms with Gasteiger partial charge in [-0.1, -0.05) is 70.1 Å². The first-order valence-electron chi connectivity index (χ1n) is 10.4. The molecule has 1 aromatic rings. The summed E-state index contributed by atoms with van der Waals surface area (Å²) in [6.45, 7) is 2.22. The van der Waals surface area contributed by atoms with Crippen molar-refractivity contribution in [1.82, 2.24) is 0 Å². The van der Waals surface area contributed by atoms with E-state index in [2.05, 4.69) is 11.7 Å². The van der Waals surface area contributed by atoms with Crippen LogP contribution in [0.5, 0.6) is 5.75 Å². The zero-order valence-corrected chi connectivity index (χ0v) is 16.2. The Morgan fingerprint density at radius 2 is 1.59 bits per heavy atom. The van der Waals surface area contributed by atoms with E-state index in [0.717, 1.165) is 25.7 Å². The van der Waals surface area contributed by atoms with Crippen molar-refractivity contribution in [2.24, 2.45) is 5.92 Å². The highest BCUT2D eigenvalue weighted by molar-refractivity contribution is 5.36. The Morgan fingerprint density at radius 1 is 0.963 bits per heavy atom. The van der Waals surface area contributed by atoms with E-state index in [1.807, 2.05) is 0 Å². The van der Waals surface area contributed by atoms with Crippen molar-refractivity contribution in [2.45, 2.75) is 96.0 Å². The van der Waals surface area contributed by atoms with E-state index in [1.165, 1.54) is 51.0 Å². The van der Waals surface area contributed by atoms with Gasteiger partial charge in [0.05, 0.1) is 0 Å². The normalized spacial score (nSPS) is 20.8. The fourth-order valence-electron chi connectivity index (χ4n) is 4.08. The highest BCUT2D eigenvalue weighted by atomic mass is 19.3. The summed E-state index contributed by atoms with van der Waals surface area (Å²) < 4.78 is 56.0. The Balaban J connectivity index is 1.82. The van der Waals surface area contributed by atoms with Crippen LogP contribution < -0.4 is 4.74 Å². The maximum absolute atomic E-state index is 13.3. The lowest BCUT2D eigenvalue weighted by molar-refractivity contribution is -0.253. The summed E-state index contributed by atoms with van der Waals surface area (Å²) >= 11 is 0. The zero-order valence-electron chi connectivity index (χ0n) is 16.2. The molecule has 154 valence electrons. The van der Waals surface area contributed by atoms with Crippen molar-refractivity contribution in [1.29, 1.82) is 0 Å². The molecule has 1 aliphatic carbocycles. The third kappa shape index (κ3) is 7.00. The highest BCUT2D eigenvalue weighted by Gasteiger charge is 2.44. The number of ether oxygens (including phenoxy) is 1. The molecular weight excluding hydrogens is 356 g/mol. The fourth-order valence-corrected chi connectivity index (χ4v) is 4.08. The summed E-state index contributed by atoms with van der Waals surface area (Å²) in [5.74, 6) is 0.695. The second-order valence-corrected chi connectivity index (χ2v) is 7.78. The van der Waals surface area contributed by atoms with Gasteiger partial charge in [-0.2, -0.15) is 17.6 Å². The molecule has 0 N–H and O–H groups in total. The molecule has 0 aliphatic heterocycles. The Kier molecular flexibility index (Phi) is 8.91. The highest BCUT2D eigenvalue weighted by Crippen LogP contribution is 2.42. The molecule has 1 saturated carbocycles. The molecule has 1 aromatic carbocycles. The molecule has 0 aromatic heterocycles. The van der Waals surface area contributed by atoms with Crippen LogP contribution in [0.1, 0.15) is 89.0 Å². The van der Waals surface area contributed by atoms with E-state index in [9.17, 15) is 17.6 Å². The minimum Gasteiger partial charge on any atom is -0.428 e. The molecule has 1 nitrogen and oxygen atoms in total. The van der Waals surface area contributed by atoms with Crippen molar-refractivity contribution >= 4 is 0 Å². The van der Waals surface area contributed by atoms with Crippen LogP contribution >= 0.6 is 0 Å². The molecule has 0 saturated heterocycles. The van der Waals surface area contributed by atoms with Gasteiger partial charge >= 0.3 is 12.5 Å². The molecule has 27 heavy (non-hydrogen) atoms. The number of alkyl halides is 4. The first kappa shape index (κ1) is 22.0. The lowest BCUT2D eigenvalue weighted by Gasteiger charge is -2.30. The number of para-hydroxylation sites is 1. The van der Waals surface area contributed by atoms with Gasteiger partial charge in [-0.3, -0.25) is 0 Å². The van der Waals surface area contributed by atoms with Crippen molar-refractivity contribution < 1.29 is 22.3 Å².